The molecule has 1 amide bonds. The largest absolute Gasteiger partial charge is 0.482 e. The first-order valence-electron chi connectivity index (χ1n) is 8.17. The monoisotopic (exact) mass is 383 g/mol. The first-order chi connectivity index (χ1) is 13.0. The Bertz CT molecular complexity index is 1030. The van der Waals surface area contributed by atoms with E-state index in [1.807, 2.05) is 0 Å². The van der Waals surface area contributed by atoms with Crippen LogP contribution in [0, 0.1) is 0 Å². The van der Waals surface area contributed by atoms with Gasteiger partial charge in [-0.3, -0.25) is 9.59 Å². The molecule has 2 aromatic carbocycles. The van der Waals surface area contributed by atoms with Crippen molar-refractivity contribution < 1.29 is 14.3 Å². The number of nitrogens with one attached hydrogen (secondary N) is 1. The van der Waals surface area contributed by atoms with Gasteiger partial charge < -0.3 is 10.1 Å². The van der Waals surface area contributed by atoms with Gasteiger partial charge >= 0.3 is 0 Å². The van der Waals surface area contributed by atoms with E-state index in [1.165, 1.54) is 4.80 Å². The fourth-order valence-electron chi connectivity index (χ4n) is 2.69. The molecule has 1 atom stereocenters. The van der Waals surface area contributed by atoms with Crippen molar-refractivity contribution in [2.24, 2.45) is 0 Å². The van der Waals surface area contributed by atoms with E-state index in [0.717, 1.165) is 5.56 Å². The molecule has 0 aliphatic carbocycles. The molecule has 2 heterocycles. The van der Waals surface area contributed by atoms with Gasteiger partial charge in [0.2, 0.25) is 5.82 Å². The fourth-order valence-corrected chi connectivity index (χ4v) is 2.81. The molecule has 0 unspecified atom stereocenters. The predicted molar refractivity (Wildman–Crippen MR) is 97.9 cm³/mol. The number of nitrogens with zero attached hydrogens (tertiary/aromatic N) is 4. The second kappa shape index (κ2) is 6.81. The van der Waals surface area contributed by atoms with Gasteiger partial charge in [0.15, 0.2) is 12.4 Å². The van der Waals surface area contributed by atoms with Gasteiger partial charge in [-0.2, -0.15) is 4.80 Å². The van der Waals surface area contributed by atoms with Crippen LogP contribution >= 0.6 is 11.6 Å². The Morgan fingerprint density at radius 1 is 1.26 bits per heavy atom. The summed E-state index contributed by atoms with van der Waals surface area (Å²) in [6, 6.07) is 11.2. The number of tetrazole rings is 1. The fraction of sp³-hybridized carbons (Fsp3) is 0.167. The minimum atomic E-state index is -0.670. The zero-order valence-electron chi connectivity index (χ0n) is 14.2. The molecule has 0 spiro atoms. The van der Waals surface area contributed by atoms with E-state index in [1.54, 1.807) is 49.4 Å². The van der Waals surface area contributed by atoms with Gasteiger partial charge in [-0.1, -0.05) is 11.6 Å². The van der Waals surface area contributed by atoms with Crippen molar-refractivity contribution in [2.45, 2.75) is 13.0 Å². The lowest BCUT2D eigenvalue weighted by Crippen LogP contribution is -2.26. The van der Waals surface area contributed by atoms with Crippen LogP contribution in [0.15, 0.2) is 42.5 Å². The van der Waals surface area contributed by atoms with Gasteiger partial charge in [0, 0.05) is 16.1 Å². The molecule has 0 radical (unpaired) electrons. The van der Waals surface area contributed by atoms with Gasteiger partial charge in [0.05, 0.1) is 5.69 Å². The van der Waals surface area contributed by atoms with Gasteiger partial charge in [-0.15, -0.1) is 10.2 Å². The second-order valence-corrected chi connectivity index (χ2v) is 6.46. The van der Waals surface area contributed by atoms with E-state index in [2.05, 4.69) is 20.7 Å². The molecular formula is C18H14ClN5O3. The topological polar surface area (TPSA) is 99.0 Å². The minimum Gasteiger partial charge on any atom is -0.482 e. The van der Waals surface area contributed by atoms with Crippen LogP contribution in [0.1, 0.15) is 23.3 Å². The van der Waals surface area contributed by atoms with Gasteiger partial charge in [0.25, 0.3) is 5.91 Å². The number of fused-ring (bicyclic) bond motifs is 1. The molecular weight excluding hydrogens is 370 g/mol. The average molecular weight is 384 g/mol. The van der Waals surface area contributed by atoms with Crippen LogP contribution in [-0.4, -0.2) is 38.5 Å². The molecule has 136 valence electrons. The summed E-state index contributed by atoms with van der Waals surface area (Å²) in [5.74, 6) is 0.462. The summed E-state index contributed by atoms with van der Waals surface area (Å²) in [7, 11) is 0. The molecule has 0 bridgehead atoms. The van der Waals surface area contributed by atoms with E-state index in [-0.39, 0.29) is 18.3 Å². The summed E-state index contributed by atoms with van der Waals surface area (Å²) in [6.07, 6.45) is 0. The molecule has 1 aliphatic heterocycles. The van der Waals surface area contributed by atoms with Crippen molar-refractivity contribution in [3.05, 3.63) is 53.1 Å². The average Bonchev–Trinajstić information content (AvgIpc) is 3.17. The number of aromatic nitrogens is 4. The number of hydrogen-bond donors (Lipinski definition) is 1. The maximum absolute atomic E-state index is 12.8. The SMILES string of the molecule is C[C@H](C(=O)c1ccc2c(c1)NC(=O)CO2)n1nnc(-c2ccc(Cl)cc2)n1. The molecule has 1 N–H and O–H groups in total. The number of ketones is 1. The van der Waals surface area contributed by atoms with Crippen molar-refractivity contribution >= 4 is 29.0 Å². The number of ether oxygens (including phenoxy) is 1. The quantitative estimate of drug-likeness (QED) is 0.695. The van der Waals surface area contributed by atoms with Crippen LogP contribution in [-0.2, 0) is 4.79 Å². The zero-order valence-corrected chi connectivity index (χ0v) is 15.0. The van der Waals surface area contributed by atoms with E-state index in [4.69, 9.17) is 16.3 Å². The lowest BCUT2D eigenvalue weighted by atomic mass is 10.0. The summed E-state index contributed by atoms with van der Waals surface area (Å²) < 4.78 is 5.30. The number of rotatable bonds is 4. The van der Waals surface area contributed by atoms with Gasteiger partial charge in [-0.05, 0) is 54.6 Å². The lowest BCUT2D eigenvalue weighted by Gasteiger charge is -2.18. The van der Waals surface area contributed by atoms with E-state index in [9.17, 15) is 9.59 Å². The smallest absolute Gasteiger partial charge is 0.262 e. The highest BCUT2D eigenvalue weighted by molar-refractivity contribution is 6.30. The Morgan fingerprint density at radius 2 is 2.04 bits per heavy atom. The molecule has 3 aromatic rings. The van der Waals surface area contributed by atoms with Crippen LogP contribution in [0.25, 0.3) is 11.4 Å². The molecule has 8 nitrogen and oxygen atoms in total. The number of Topliss-reactive ketones (excluding diaryl/α,β-unsaturated/α-hetero) is 1. The maximum Gasteiger partial charge on any atom is 0.262 e. The number of carbonyl (C=O) groups excluding carboxylic acids is 2. The van der Waals surface area contributed by atoms with Crippen molar-refractivity contribution in [2.75, 3.05) is 11.9 Å². The minimum absolute atomic E-state index is 0.0347. The molecule has 4 rings (SSSR count). The first kappa shape index (κ1) is 17.2. The Hall–Kier alpha value is -3.26. The molecule has 27 heavy (non-hydrogen) atoms. The lowest BCUT2D eigenvalue weighted by molar-refractivity contribution is -0.118. The number of halogens is 1. The number of carbonyl (C=O) groups is 2. The summed E-state index contributed by atoms with van der Waals surface area (Å²) >= 11 is 5.88. The zero-order chi connectivity index (χ0) is 19.0. The highest BCUT2D eigenvalue weighted by Crippen LogP contribution is 2.29. The summed E-state index contributed by atoms with van der Waals surface area (Å²) in [5, 5.41) is 15.6. The van der Waals surface area contributed by atoms with Crippen molar-refractivity contribution in [1.82, 2.24) is 20.2 Å². The summed E-state index contributed by atoms with van der Waals surface area (Å²) in [4.78, 5) is 25.5. The summed E-state index contributed by atoms with van der Waals surface area (Å²) in [5.41, 5.74) is 1.63. The maximum atomic E-state index is 12.8. The highest BCUT2D eigenvalue weighted by atomic mass is 35.5. The third kappa shape index (κ3) is 3.39. The number of hydrogen-bond acceptors (Lipinski definition) is 6. The van der Waals surface area contributed by atoms with Crippen LogP contribution in [0.5, 0.6) is 5.75 Å². The molecule has 1 aliphatic rings. The third-order valence-corrected chi connectivity index (χ3v) is 4.41. The van der Waals surface area contributed by atoms with Gasteiger partial charge in [-0.25, -0.2) is 0 Å². The van der Waals surface area contributed by atoms with Crippen LogP contribution < -0.4 is 10.1 Å². The number of benzene rings is 2. The van der Waals surface area contributed by atoms with E-state index < -0.39 is 6.04 Å². The molecule has 1 aromatic heterocycles. The Kier molecular flexibility index (Phi) is 4.33. The highest BCUT2D eigenvalue weighted by Gasteiger charge is 2.23. The molecule has 0 fully saturated rings. The molecule has 0 saturated carbocycles. The van der Waals surface area contributed by atoms with Crippen molar-refractivity contribution in [1.29, 1.82) is 0 Å². The van der Waals surface area contributed by atoms with Gasteiger partial charge in [0.1, 0.15) is 11.8 Å². The van der Waals surface area contributed by atoms with Crippen LogP contribution in [0.2, 0.25) is 5.02 Å². The Labute approximate surface area is 159 Å². The van der Waals surface area contributed by atoms with Crippen molar-refractivity contribution in [3.63, 3.8) is 0 Å². The predicted octanol–water partition coefficient (Wildman–Crippen LogP) is 2.77. The van der Waals surface area contributed by atoms with Crippen molar-refractivity contribution in [3.8, 4) is 17.1 Å². The molecule has 9 heteroatoms. The second-order valence-electron chi connectivity index (χ2n) is 6.03. The number of amides is 1. The normalized spacial score (nSPS) is 14.1. The van der Waals surface area contributed by atoms with Crippen LogP contribution in [0.4, 0.5) is 5.69 Å². The number of anilines is 1. The first-order valence-corrected chi connectivity index (χ1v) is 8.55. The Morgan fingerprint density at radius 3 is 2.81 bits per heavy atom. The summed E-state index contributed by atoms with van der Waals surface area (Å²) in [6.45, 7) is 1.65. The van der Waals surface area contributed by atoms with E-state index >= 15 is 0 Å². The Balaban J connectivity index is 1.57. The standard InChI is InChI=1S/C18H14ClN5O3/c1-10(24-22-18(21-23-24)11-2-5-13(19)6-3-11)17(26)12-4-7-15-14(8-12)20-16(25)9-27-15/h2-8,10H,9H2,1H3,(H,20,25)/t10-/m1/s1. The van der Waals surface area contributed by atoms with E-state index in [0.29, 0.717) is 27.8 Å². The van der Waals surface area contributed by atoms with Crippen LogP contribution in [0.3, 0.4) is 0 Å². The molecule has 0 saturated heterocycles. The third-order valence-electron chi connectivity index (χ3n) is 4.15.